The number of hydrogen-bond donors (Lipinski definition) is 0. The van der Waals surface area contributed by atoms with Gasteiger partial charge in [0.1, 0.15) is 5.84 Å². The van der Waals surface area contributed by atoms with Crippen LogP contribution in [0, 0.1) is 12.3 Å². The van der Waals surface area contributed by atoms with E-state index in [1.54, 1.807) is 24.3 Å². The van der Waals surface area contributed by atoms with Crippen LogP contribution in [-0.4, -0.2) is 32.2 Å². The summed E-state index contributed by atoms with van der Waals surface area (Å²) in [4.78, 5) is 2.23. The Morgan fingerprint density at radius 2 is 1.57 bits per heavy atom. The molecule has 0 unspecified atom stereocenters. The molecule has 0 radical (unpaired) electrons. The third kappa shape index (κ3) is 4.56. The SMILES string of the molecule is CCN(CC)C(=NS(=O)(=O)c1ccc(C)cc1)C(C)(C)C. The highest BCUT2D eigenvalue weighted by atomic mass is 32.2. The Kier molecular flexibility index (Phi) is 5.56. The molecule has 0 aromatic heterocycles. The molecular weight excluding hydrogens is 284 g/mol. The summed E-state index contributed by atoms with van der Waals surface area (Å²) in [7, 11) is -3.68. The van der Waals surface area contributed by atoms with E-state index in [2.05, 4.69) is 4.40 Å². The van der Waals surface area contributed by atoms with Crippen molar-refractivity contribution in [2.75, 3.05) is 13.1 Å². The zero-order valence-electron chi connectivity index (χ0n) is 13.8. The van der Waals surface area contributed by atoms with Gasteiger partial charge in [0.25, 0.3) is 10.0 Å². The van der Waals surface area contributed by atoms with Gasteiger partial charge in [-0.25, -0.2) is 0 Å². The highest BCUT2D eigenvalue weighted by molar-refractivity contribution is 7.90. The van der Waals surface area contributed by atoms with Crippen molar-refractivity contribution in [2.24, 2.45) is 9.81 Å². The van der Waals surface area contributed by atoms with E-state index in [9.17, 15) is 8.42 Å². The van der Waals surface area contributed by atoms with Gasteiger partial charge in [0, 0.05) is 18.5 Å². The fourth-order valence-electron chi connectivity index (χ4n) is 2.07. The van der Waals surface area contributed by atoms with Crippen molar-refractivity contribution in [3.8, 4) is 0 Å². The van der Waals surface area contributed by atoms with E-state index < -0.39 is 10.0 Å². The minimum atomic E-state index is -3.68. The Morgan fingerprint density at radius 3 is 1.95 bits per heavy atom. The molecule has 0 atom stereocenters. The Labute approximate surface area is 128 Å². The zero-order chi connectivity index (χ0) is 16.3. The smallest absolute Gasteiger partial charge is 0.283 e. The zero-order valence-corrected chi connectivity index (χ0v) is 14.7. The van der Waals surface area contributed by atoms with Crippen molar-refractivity contribution in [1.29, 1.82) is 0 Å². The largest absolute Gasteiger partial charge is 0.359 e. The van der Waals surface area contributed by atoms with Crippen LogP contribution in [0.15, 0.2) is 33.6 Å². The molecule has 0 spiro atoms. The predicted octanol–water partition coefficient (Wildman–Crippen LogP) is 3.47. The second-order valence-electron chi connectivity index (χ2n) is 6.13. The summed E-state index contributed by atoms with van der Waals surface area (Å²) in [5.41, 5.74) is 0.696. The van der Waals surface area contributed by atoms with Crippen molar-refractivity contribution in [3.05, 3.63) is 29.8 Å². The highest BCUT2D eigenvalue weighted by Gasteiger charge is 2.26. The van der Waals surface area contributed by atoms with Crippen LogP contribution in [0.3, 0.4) is 0 Å². The van der Waals surface area contributed by atoms with E-state index in [0.29, 0.717) is 5.84 Å². The molecular formula is C16H26N2O2S. The van der Waals surface area contributed by atoms with Gasteiger partial charge in [-0.3, -0.25) is 0 Å². The van der Waals surface area contributed by atoms with Crippen molar-refractivity contribution in [2.45, 2.75) is 46.4 Å². The van der Waals surface area contributed by atoms with E-state index in [-0.39, 0.29) is 10.3 Å². The topological polar surface area (TPSA) is 49.7 Å². The van der Waals surface area contributed by atoms with E-state index in [1.807, 2.05) is 46.4 Å². The molecule has 5 heteroatoms. The standard InChI is InChI=1S/C16H26N2O2S/c1-7-18(8-2)15(16(4,5)6)17-21(19,20)14-11-9-13(3)10-12-14/h9-12H,7-8H2,1-6H3. The quantitative estimate of drug-likeness (QED) is 0.632. The van der Waals surface area contributed by atoms with Crippen molar-refractivity contribution < 1.29 is 8.42 Å². The number of benzene rings is 1. The average Bonchev–Trinajstić information content (AvgIpc) is 2.38. The summed E-state index contributed by atoms with van der Waals surface area (Å²) in [6.07, 6.45) is 0. The lowest BCUT2D eigenvalue weighted by atomic mass is 9.94. The van der Waals surface area contributed by atoms with E-state index in [1.165, 1.54) is 0 Å². The summed E-state index contributed by atoms with van der Waals surface area (Å²) < 4.78 is 29.2. The van der Waals surface area contributed by atoms with Crippen molar-refractivity contribution in [3.63, 3.8) is 0 Å². The molecule has 1 rings (SSSR count). The Bertz CT molecular complexity index is 592. The van der Waals surface area contributed by atoms with E-state index >= 15 is 0 Å². The van der Waals surface area contributed by atoms with Gasteiger partial charge in [0.2, 0.25) is 0 Å². The summed E-state index contributed by atoms with van der Waals surface area (Å²) in [6, 6.07) is 6.79. The van der Waals surface area contributed by atoms with Crippen LogP contribution >= 0.6 is 0 Å². The Balaban J connectivity index is 3.35. The molecule has 0 amide bonds. The first-order valence-corrected chi connectivity index (χ1v) is 8.73. The summed E-state index contributed by atoms with van der Waals surface area (Å²) in [5, 5.41) is 0. The van der Waals surface area contributed by atoms with Gasteiger partial charge in [-0.05, 0) is 32.9 Å². The molecule has 0 saturated heterocycles. The van der Waals surface area contributed by atoms with Crippen LogP contribution in [0.4, 0.5) is 0 Å². The van der Waals surface area contributed by atoms with E-state index in [4.69, 9.17) is 0 Å². The van der Waals surface area contributed by atoms with Crippen molar-refractivity contribution in [1.82, 2.24) is 4.90 Å². The molecule has 0 aliphatic rings. The fraction of sp³-hybridized carbons (Fsp3) is 0.562. The third-order valence-electron chi connectivity index (χ3n) is 3.26. The van der Waals surface area contributed by atoms with Crippen LogP contribution in [0.25, 0.3) is 0 Å². The van der Waals surface area contributed by atoms with Crippen molar-refractivity contribution >= 4 is 15.9 Å². The molecule has 0 N–H and O–H groups in total. The average molecular weight is 310 g/mol. The van der Waals surface area contributed by atoms with Crippen LogP contribution in [0.1, 0.15) is 40.2 Å². The number of amidine groups is 1. The molecule has 0 saturated carbocycles. The van der Waals surface area contributed by atoms with Crippen LogP contribution in [0.2, 0.25) is 0 Å². The van der Waals surface area contributed by atoms with Gasteiger partial charge in [0.15, 0.2) is 0 Å². The maximum atomic E-state index is 12.5. The molecule has 1 aromatic rings. The lowest BCUT2D eigenvalue weighted by Crippen LogP contribution is -2.40. The van der Waals surface area contributed by atoms with Crippen LogP contribution < -0.4 is 0 Å². The number of aryl methyl sites for hydroxylation is 1. The first kappa shape index (κ1) is 17.7. The van der Waals surface area contributed by atoms with Gasteiger partial charge in [-0.1, -0.05) is 38.5 Å². The summed E-state index contributed by atoms with van der Waals surface area (Å²) in [5.74, 6) is 0.605. The maximum Gasteiger partial charge on any atom is 0.283 e. The van der Waals surface area contributed by atoms with Crippen LogP contribution in [0.5, 0.6) is 0 Å². The summed E-state index contributed by atoms with van der Waals surface area (Å²) in [6.45, 7) is 13.3. The predicted molar refractivity (Wildman–Crippen MR) is 88.2 cm³/mol. The second kappa shape index (κ2) is 6.60. The lowest BCUT2D eigenvalue weighted by molar-refractivity contribution is 0.401. The molecule has 0 fully saturated rings. The number of sulfonamides is 1. The number of nitrogens with zero attached hydrogens (tertiary/aromatic N) is 2. The molecule has 0 heterocycles. The molecule has 0 aliphatic carbocycles. The number of hydrogen-bond acceptors (Lipinski definition) is 2. The molecule has 0 aliphatic heterocycles. The normalized spacial score (nSPS) is 13.3. The van der Waals surface area contributed by atoms with Crippen LogP contribution in [-0.2, 0) is 10.0 Å². The first-order chi connectivity index (χ1) is 9.61. The van der Waals surface area contributed by atoms with Gasteiger partial charge >= 0.3 is 0 Å². The molecule has 21 heavy (non-hydrogen) atoms. The van der Waals surface area contributed by atoms with Gasteiger partial charge in [-0.15, -0.1) is 4.40 Å². The highest BCUT2D eigenvalue weighted by Crippen LogP contribution is 2.22. The number of rotatable bonds is 4. The minimum absolute atomic E-state index is 0.238. The first-order valence-electron chi connectivity index (χ1n) is 7.29. The van der Waals surface area contributed by atoms with Gasteiger partial charge in [-0.2, -0.15) is 8.42 Å². The Morgan fingerprint density at radius 1 is 1.10 bits per heavy atom. The fourth-order valence-corrected chi connectivity index (χ4v) is 3.27. The Hall–Kier alpha value is -1.36. The summed E-state index contributed by atoms with van der Waals surface area (Å²) >= 11 is 0. The monoisotopic (exact) mass is 310 g/mol. The van der Waals surface area contributed by atoms with E-state index in [0.717, 1.165) is 18.7 Å². The minimum Gasteiger partial charge on any atom is -0.359 e. The molecule has 4 nitrogen and oxygen atoms in total. The maximum absolute atomic E-state index is 12.5. The van der Waals surface area contributed by atoms with Gasteiger partial charge < -0.3 is 4.90 Å². The van der Waals surface area contributed by atoms with Gasteiger partial charge in [0.05, 0.1) is 4.90 Å². The molecule has 1 aromatic carbocycles. The second-order valence-corrected chi connectivity index (χ2v) is 7.73. The third-order valence-corrected chi connectivity index (χ3v) is 4.54. The lowest BCUT2D eigenvalue weighted by Gasteiger charge is -2.31. The molecule has 118 valence electrons. The molecule has 0 bridgehead atoms.